The van der Waals surface area contributed by atoms with Crippen LogP contribution >= 0.6 is 0 Å². The molecule has 2 aromatic carbocycles. The Morgan fingerprint density at radius 3 is 2.33 bits per heavy atom. The molecule has 1 heterocycles. The number of nitrogens with two attached hydrogens (primary N) is 2. The van der Waals surface area contributed by atoms with E-state index in [9.17, 15) is 13.2 Å². The average Bonchev–Trinajstić information content (AvgIpc) is 2.66. The third-order valence-corrected chi connectivity index (χ3v) is 4.56. The lowest BCUT2D eigenvalue weighted by Crippen LogP contribution is -2.17. The Morgan fingerprint density at radius 1 is 0.933 bits per heavy atom. The van der Waals surface area contributed by atoms with E-state index in [1.807, 2.05) is 19.1 Å². The minimum Gasteiger partial charge on any atom is -0.487 e. The highest BCUT2D eigenvalue weighted by atomic mass is 19.4. The second-order valence-corrected chi connectivity index (χ2v) is 7.01. The fourth-order valence-electron chi connectivity index (χ4n) is 2.95. The molecule has 5 nitrogen and oxygen atoms in total. The molecule has 0 atom stereocenters. The Balaban J connectivity index is 1.78. The zero-order valence-electron chi connectivity index (χ0n) is 16.6. The SMILES string of the molecule is Cc1ccc(COc2cc(N)c(N)c(Cc3ccc(OC(F)(F)F)cc3C)c2)nc1. The number of ether oxygens (including phenoxy) is 2. The molecule has 30 heavy (non-hydrogen) atoms. The van der Waals surface area contributed by atoms with Gasteiger partial charge in [0, 0.05) is 12.3 Å². The summed E-state index contributed by atoms with van der Waals surface area (Å²) in [5.41, 5.74) is 16.9. The van der Waals surface area contributed by atoms with Gasteiger partial charge in [-0.05, 0) is 66.8 Å². The van der Waals surface area contributed by atoms with Crippen LogP contribution in [0.1, 0.15) is 27.9 Å². The van der Waals surface area contributed by atoms with E-state index in [4.69, 9.17) is 16.2 Å². The summed E-state index contributed by atoms with van der Waals surface area (Å²) < 4.78 is 47.0. The first-order valence-corrected chi connectivity index (χ1v) is 9.18. The molecule has 0 radical (unpaired) electrons. The number of pyridine rings is 1. The number of hydrogen-bond acceptors (Lipinski definition) is 5. The van der Waals surface area contributed by atoms with Crippen LogP contribution in [0.15, 0.2) is 48.7 Å². The molecular weight excluding hydrogens is 395 g/mol. The molecule has 0 aliphatic carbocycles. The van der Waals surface area contributed by atoms with Gasteiger partial charge < -0.3 is 20.9 Å². The molecule has 0 aliphatic heterocycles. The third kappa shape index (κ3) is 5.56. The lowest BCUT2D eigenvalue weighted by Gasteiger charge is -2.15. The fourth-order valence-corrected chi connectivity index (χ4v) is 2.95. The summed E-state index contributed by atoms with van der Waals surface area (Å²) in [7, 11) is 0. The van der Waals surface area contributed by atoms with Crippen LogP contribution in [-0.2, 0) is 13.0 Å². The summed E-state index contributed by atoms with van der Waals surface area (Å²) in [6.07, 6.45) is -2.59. The molecule has 3 rings (SSSR count). The van der Waals surface area contributed by atoms with Crippen LogP contribution in [0.4, 0.5) is 24.5 Å². The summed E-state index contributed by atoms with van der Waals surface area (Å²) in [5.74, 6) is 0.271. The summed E-state index contributed by atoms with van der Waals surface area (Å²) in [5, 5.41) is 0. The molecule has 0 unspecified atom stereocenters. The van der Waals surface area contributed by atoms with Gasteiger partial charge in [0.15, 0.2) is 0 Å². The van der Waals surface area contributed by atoms with Crippen molar-refractivity contribution in [2.45, 2.75) is 33.2 Å². The van der Waals surface area contributed by atoms with Crippen molar-refractivity contribution in [3.63, 3.8) is 0 Å². The highest BCUT2D eigenvalue weighted by molar-refractivity contribution is 5.70. The Kier molecular flexibility index (Phi) is 6.05. The van der Waals surface area contributed by atoms with Gasteiger partial charge in [0.2, 0.25) is 0 Å². The van der Waals surface area contributed by atoms with Gasteiger partial charge in [0.1, 0.15) is 18.1 Å². The fraction of sp³-hybridized carbons (Fsp3) is 0.227. The van der Waals surface area contributed by atoms with Gasteiger partial charge in [-0.1, -0.05) is 12.1 Å². The van der Waals surface area contributed by atoms with Crippen molar-refractivity contribution in [3.05, 3.63) is 76.6 Å². The van der Waals surface area contributed by atoms with Gasteiger partial charge in [-0.3, -0.25) is 4.98 Å². The van der Waals surface area contributed by atoms with Crippen LogP contribution in [0.25, 0.3) is 0 Å². The summed E-state index contributed by atoms with van der Waals surface area (Å²) in [6, 6.07) is 11.4. The average molecular weight is 417 g/mol. The Hall–Kier alpha value is -3.42. The van der Waals surface area contributed by atoms with Crippen molar-refractivity contribution >= 4 is 11.4 Å². The van der Waals surface area contributed by atoms with Gasteiger partial charge in [0.05, 0.1) is 17.1 Å². The van der Waals surface area contributed by atoms with Gasteiger partial charge in [-0.15, -0.1) is 13.2 Å². The van der Waals surface area contributed by atoms with Gasteiger partial charge >= 0.3 is 6.36 Å². The van der Waals surface area contributed by atoms with E-state index in [1.165, 1.54) is 12.1 Å². The van der Waals surface area contributed by atoms with Crippen LogP contribution in [0.2, 0.25) is 0 Å². The van der Waals surface area contributed by atoms with Crippen LogP contribution < -0.4 is 20.9 Å². The minimum absolute atomic E-state index is 0.265. The minimum atomic E-state index is -4.73. The van der Waals surface area contributed by atoms with E-state index in [0.29, 0.717) is 29.1 Å². The van der Waals surface area contributed by atoms with Gasteiger partial charge in [-0.2, -0.15) is 0 Å². The molecule has 158 valence electrons. The largest absolute Gasteiger partial charge is 0.573 e. The summed E-state index contributed by atoms with van der Waals surface area (Å²) in [6.45, 7) is 3.93. The van der Waals surface area contributed by atoms with Crippen LogP contribution in [0, 0.1) is 13.8 Å². The van der Waals surface area contributed by atoms with Crippen LogP contribution in [-0.4, -0.2) is 11.3 Å². The maximum Gasteiger partial charge on any atom is 0.573 e. The zero-order valence-corrected chi connectivity index (χ0v) is 16.6. The van der Waals surface area contributed by atoms with Crippen molar-refractivity contribution in [1.82, 2.24) is 4.98 Å². The first kappa shape index (κ1) is 21.3. The Morgan fingerprint density at radius 2 is 1.70 bits per heavy atom. The number of anilines is 2. The van der Waals surface area contributed by atoms with E-state index in [-0.39, 0.29) is 12.4 Å². The first-order valence-electron chi connectivity index (χ1n) is 9.18. The molecule has 0 saturated heterocycles. The van der Waals surface area contributed by atoms with Crippen molar-refractivity contribution in [1.29, 1.82) is 0 Å². The highest BCUT2D eigenvalue weighted by Gasteiger charge is 2.31. The maximum atomic E-state index is 12.4. The van der Waals surface area contributed by atoms with Crippen molar-refractivity contribution in [3.8, 4) is 11.5 Å². The Bertz CT molecular complexity index is 1040. The number of alkyl halides is 3. The van der Waals surface area contributed by atoms with Crippen LogP contribution in [0.3, 0.4) is 0 Å². The van der Waals surface area contributed by atoms with Crippen molar-refractivity contribution in [2.75, 3.05) is 11.5 Å². The molecule has 0 fully saturated rings. The van der Waals surface area contributed by atoms with E-state index in [2.05, 4.69) is 9.72 Å². The number of benzene rings is 2. The van der Waals surface area contributed by atoms with E-state index in [0.717, 1.165) is 22.4 Å². The van der Waals surface area contributed by atoms with Crippen LogP contribution in [0.5, 0.6) is 11.5 Å². The van der Waals surface area contributed by atoms with Crippen molar-refractivity contribution < 1.29 is 22.6 Å². The normalized spacial score (nSPS) is 11.4. The predicted molar refractivity (Wildman–Crippen MR) is 109 cm³/mol. The quantitative estimate of drug-likeness (QED) is 0.556. The predicted octanol–water partition coefficient (Wildman–Crippen LogP) is 4.93. The molecule has 3 aromatic rings. The summed E-state index contributed by atoms with van der Waals surface area (Å²) in [4.78, 5) is 4.30. The molecule has 8 heteroatoms. The monoisotopic (exact) mass is 417 g/mol. The van der Waals surface area contributed by atoms with Gasteiger partial charge in [0.25, 0.3) is 0 Å². The van der Waals surface area contributed by atoms with E-state index < -0.39 is 6.36 Å². The molecule has 0 aliphatic rings. The molecule has 0 saturated carbocycles. The third-order valence-electron chi connectivity index (χ3n) is 4.56. The second kappa shape index (κ2) is 8.52. The number of rotatable bonds is 6. The summed E-state index contributed by atoms with van der Waals surface area (Å²) >= 11 is 0. The molecule has 0 spiro atoms. The second-order valence-electron chi connectivity index (χ2n) is 7.01. The zero-order chi connectivity index (χ0) is 21.9. The smallest absolute Gasteiger partial charge is 0.487 e. The van der Waals surface area contributed by atoms with E-state index >= 15 is 0 Å². The Labute approximate surface area is 172 Å². The number of nitrogen functional groups attached to an aromatic ring is 2. The van der Waals surface area contributed by atoms with E-state index in [1.54, 1.807) is 31.3 Å². The number of hydrogen-bond donors (Lipinski definition) is 2. The molecule has 0 amide bonds. The molecule has 1 aromatic heterocycles. The standard InChI is InChI=1S/C22H22F3N3O2/c1-13-3-5-17(28-11-13)12-29-19-9-16(21(27)20(26)10-19)8-15-4-6-18(7-14(15)2)30-22(23,24)25/h3-7,9-11H,8,12,26-27H2,1-2H3. The molecule has 0 bridgehead atoms. The number of aromatic nitrogens is 1. The molecular formula is C22H22F3N3O2. The maximum absolute atomic E-state index is 12.4. The van der Waals surface area contributed by atoms with Gasteiger partial charge in [-0.25, -0.2) is 0 Å². The first-order chi connectivity index (χ1) is 14.1. The molecule has 4 N–H and O–H groups in total. The van der Waals surface area contributed by atoms with Crippen molar-refractivity contribution in [2.24, 2.45) is 0 Å². The highest BCUT2D eigenvalue weighted by Crippen LogP contribution is 2.31. The number of aryl methyl sites for hydroxylation is 2. The lowest BCUT2D eigenvalue weighted by molar-refractivity contribution is -0.274. The lowest BCUT2D eigenvalue weighted by atomic mass is 9.98. The topological polar surface area (TPSA) is 83.4 Å². The number of halogens is 3. The number of nitrogens with zero attached hydrogens (tertiary/aromatic N) is 1.